The van der Waals surface area contributed by atoms with Crippen LogP contribution in [0.25, 0.3) is 0 Å². The Morgan fingerprint density at radius 3 is 2.74 bits per heavy atom. The van der Waals surface area contributed by atoms with E-state index >= 15 is 0 Å². The van der Waals surface area contributed by atoms with Gasteiger partial charge in [0.05, 0.1) is 6.42 Å². The zero-order valence-electron chi connectivity index (χ0n) is 11.7. The van der Waals surface area contributed by atoms with Crippen LogP contribution in [0.3, 0.4) is 0 Å². The van der Waals surface area contributed by atoms with Gasteiger partial charge in [0.15, 0.2) is 0 Å². The lowest BCUT2D eigenvalue weighted by Gasteiger charge is -2.21. The number of hydrogen-bond acceptors (Lipinski definition) is 3. The van der Waals surface area contributed by atoms with Crippen LogP contribution in [-0.2, 0) is 9.53 Å². The molecule has 0 bridgehead atoms. The molecule has 0 aliphatic heterocycles. The number of esters is 1. The van der Waals surface area contributed by atoms with Crippen LogP contribution in [0.2, 0.25) is 0 Å². The zero-order valence-corrected chi connectivity index (χ0v) is 11.7. The molecule has 1 aliphatic rings. The standard InChI is InChI=1S/C16H23NO2/c1-13-7-5-6-10-15(13)17-12-11-16(18)19-14-8-3-2-4-9-14/h5-7,10,14,17H,2-4,8-9,11-12H2,1H3. The molecule has 2 rings (SSSR count). The summed E-state index contributed by atoms with van der Waals surface area (Å²) in [6, 6.07) is 8.10. The predicted octanol–water partition coefficient (Wildman–Crippen LogP) is 3.67. The van der Waals surface area contributed by atoms with E-state index in [1.807, 2.05) is 18.2 Å². The Labute approximate surface area is 115 Å². The minimum absolute atomic E-state index is 0.0759. The Balaban J connectivity index is 1.67. The van der Waals surface area contributed by atoms with E-state index in [0.29, 0.717) is 13.0 Å². The van der Waals surface area contributed by atoms with Crippen molar-refractivity contribution in [1.82, 2.24) is 0 Å². The summed E-state index contributed by atoms with van der Waals surface area (Å²) in [5.74, 6) is -0.0759. The first kappa shape index (κ1) is 13.9. The van der Waals surface area contributed by atoms with Gasteiger partial charge in [-0.3, -0.25) is 4.79 Å². The van der Waals surface area contributed by atoms with Crippen molar-refractivity contribution in [2.24, 2.45) is 0 Å². The van der Waals surface area contributed by atoms with Gasteiger partial charge < -0.3 is 10.1 Å². The SMILES string of the molecule is Cc1ccccc1NCCC(=O)OC1CCCCC1. The number of ether oxygens (including phenoxy) is 1. The van der Waals surface area contributed by atoms with Gasteiger partial charge in [-0.05, 0) is 44.2 Å². The Morgan fingerprint density at radius 2 is 2.00 bits per heavy atom. The number of rotatable bonds is 5. The molecule has 104 valence electrons. The fourth-order valence-corrected chi connectivity index (χ4v) is 2.50. The molecule has 1 N–H and O–H groups in total. The van der Waals surface area contributed by atoms with Gasteiger partial charge in [0.1, 0.15) is 6.10 Å². The molecule has 1 fully saturated rings. The molecule has 0 atom stereocenters. The quantitative estimate of drug-likeness (QED) is 0.822. The molecule has 1 aromatic rings. The van der Waals surface area contributed by atoms with Crippen LogP contribution in [0.5, 0.6) is 0 Å². The molecule has 1 aliphatic carbocycles. The van der Waals surface area contributed by atoms with Crippen LogP contribution in [0.1, 0.15) is 44.1 Å². The van der Waals surface area contributed by atoms with Gasteiger partial charge in [-0.25, -0.2) is 0 Å². The number of anilines is 1. The number of carbonyl (C=O) groups is 1. The summed E-state index contributed by atoms with van der Waals surface area (Å²) in [4.78, 5) is 11.7. The highest BCUT2D eigenvalue weighted by Gasteiger charge is 2.17. The lowest BCUT2D eigenvalue weighted by atomic mass is 9.98. The molecule has 0 amide bonds. The van der Waals surface area contributed by atoms with Crippen molar-refractivity contribution in [1.29, 1.82) is 0 Å². The number of nitrogens with one attached hydrogen (secondary N) is 1. The molecule has 3 heteroatoms. The second-order valence-electron chi connectivity index (χ2n) is 5.24. The van der Waals surface area contributed by atoms with E-state index in [2.05, 4.69) is 18.3 Å². The van der Waals surface area contributed by atoms with Crippen LogP contribution in [0.15, 0.2) is 24.3 Å². The highest BCUT2D eigenvalue weighted by Crippen LogP contribution is 2.20. The summed E-state index contributed by atoms with van der Waals surface area (Å²) < 4.78 is 5.48. The summed E-state index contributed by atoms with van der Waals surface area (Å²) in [6.45, 7) is 2.69. The molecule has 0 spiro atoms. The van der Waals surface area contributed by atoms with E-state index in [0.717, 1.165) is 18.5 Å². The van der Waals surface area contributed by atoms with Crippen molar-refractivity contribution in [3.8, 4) is 0 Å². The molecule has 1 aromatic carbocycles. The Morgan fingerprint density at radius 1 is 1.26 bits per heavy atom. The molecule has 1 saturated carbocycles. The number of para-hydroxylation sites is 1. The van der Waals surface area contributed by atoms with Crippen LogP contribution < -0.4 is 5.32 Å². The minimum Gasteiger partial charge on any atom is -0.462 e. The fourth-order valence-electron chi connectivity index (χ4n) is 2.50. The monoisotopic (exact) mass is 261 g/mol. The van der Waals surface area contributed by atoms with Crippen LogP contribution >= 0.6 is 0 Å². The van der Waals surface area contributed by atoms with E-state index in [-0.39, 0.29) is 12.1 Å². The maximum atomic E-state index is 11.7. The topological polar surface area (TPSA) is 38.3 Å². The van der Waals surface area contributed by atoms with E-state index in [4.69, 9.17) is 4.74 Å². The second kappa shape index (κ2) is 7.17. The first-order valence-corrected chi connectivity index (χ1v) is 7.24. The third kappa shape index (κ3) is 4.58. The van der Waals surface area contributed by atoms with Crippen molar-refractivity contribution in [2.45, 2.75) is 51.6 Å². The van der Waals surface area contributed by atoms with Gasteiger partial charge in [0.25, 0.3) is 0 Å². The van der Waals surface area contributed by atoms with Crippen molar-refractivity contribution in [3.05, 3.63) is 29.8 Å². The van der Waals surface area contributed by atoms with Crippen molar-refractivity contribution in [3.63, 3.8) is 0 Å². The molecule has 19 heavy (non-hydrogen) atoms. The Hall–Kier alpha value is -1.51. The molecule has 0 saturated heterocycles. The van der Waals surface area contributed by atoms with Gasteiger partial charge in [-0.15, -0.1) is 0 Å². The highest BCUT2D eigenvalue weighted by atomic mass is 16.5. The number of hydrogen-bond donors (Lipinski definition) is 1. The molecular weight excluding hydrogens is 238 g/mol. The fraction of sp³-hybridized carbons (Fsp3) is 0.562. The summed E-state index contributed by atoms with van der Waals surface area (Å²) in [6.07, 6.45) is 6.35. The maximum Gasteiger partial charge on any atom is 0.307 e. The average molecular weight is 261 g/mol. The largest absolute Gasteiger partial charge is 0.462 e. The summed E-state index contributed by atoms with van der Waals surface area (Å²) in [7, 11) is 0. The van der Waals surface area contributed by atoms with E-state index in [9.17, 15) is 4.79 Å². The summed E-state index contributed by atoms with van der Waals surface area (Å²) >= 11 is 0. The van der Waals surface area contributed by atoms with Crippen molar-refractivity contribution in [2.75, 3.05) is 11.9 Å². The average Bonchev–Trinajstić information content (AvgIpc) is 2.42. The van der Waals surface area contributed by atoms with Crippen LogP contribution in [0.4, 0.5) is 5.69 Å². The Bertz CT molecular complexity index is 411. The zero-order chi connectivity index (χ0) is 13.5. The molecule has 0 aromatic heterocycles. The van der Waals surface area contributed by atoms with E-state index in [1.54, 1.807) is 0 Å². The summed E-state index contributed by atoms with van der Waals surface area (Å²) in [5, 5.41) is 3.28. The first-order chi connectivity index (χ1) is 9.25. The van der Waals surface area contributed by atoms with Crippen LogP contribution in [-0.4, -0.2) is 18.6 Å². The van der Waals surface area contributed by atoms with E-state index in [1.165, 1.54) is 24.8 Å². The second-order valence-corrected chi connectivity index (χ2v) is 5.24. The smallest absolute Gasteiger partial charge is 0.307 e. The van der Waals surface area contributed by atoms with Gasteiger partial charge in [-0.2, -0.15) is 0 Å². The third-order valence-electron chi connectivity index (χ3n) is 3.64. The maximum absolute atomic E-state index is 11.7. The highest BCUT2D eigenvalue weighted by molar-refractivity contribution is 5.70. The molecule has 0 radical (unpaired) electrons. The predicted molar refractivity (Wildman–Crippen MR) is 77.3 cm³/mol. The first-order valence-electron chi connectivity index (χ1n) is 7.24. The molecule has 3 nitrogen and oxygen atoms in total. The van der Waals surface area contributed by atoms with E-state index < -0.39 is 0 Å². The molecule has 0 unspecified atom stereocenters. The lowest BCUT2D eigenvalue weighted by Crippen LogP contribution is -2.22. The van der Waals surface area contributed by atoms with Gasteiger partial charge in [0.2, 0.25) is 0 Å². The number of aryl methyl sites for hydroxylation is 1. The number of benzene rings is 1. The Kier molecular flexibility index (Phi) is 5.25. The molecular formula is C16H23NO2. The summed E-state index contributed by atoms with van der Waals surface area (Å²) in [5.41, 5.74) is 2.29. The molecule has 0 heterocycles. The third-order valence-corrected chi connectivity index (χ3v) is 3.64. The normalized spacial score (nSPS) is 16.1. The van der Waals surface area contributed by atoms with Crippen molar-refractivity contribution >= 4 is 11.7 Å². The number of carbonyl (C=O) groups excluding carboxylic acids is 1. The van der Waals surface area contributed by atoms with Gasteiger partial charge >= 0.3 is 5.97 Å². The minimum atomic E-state index is -0.0759. The lowest BCUT2D eigenvalue weighted by molar-refractivity contribution is -0.150. The van der Waals surface area contributed by atoms with Gasteiger partial charge in [-0.1, -0.05) is 24.6 Å². The van der Waals surface area contributed by atoms with Gasteiger partial charge in [0, 0.05) is 12.2 Å². The van der Waals surface area contributed by atoms with Crippen molar-refractivity contribution < 1.29 is 9.53 Å². The van der Waals surface area contributed by atoms with Crippen LogP contribution in [0, 0.1) is 6.92 Å².